The Morgan fingerprint density at radius 2 is 2.33 bits per heavy atom. The number of nitrogen functional groups attached to an aromatic ring is 1. The van der Waals surface area contributed by atoms with Crippen LogP contribution < -0.4 is 11.1 Å². The maximum Gasteiger partial charge on any atom is 0.253 e. The van der Waals surface area contributed by atoms with Crippen LogP contribution in [0, 0.1) is 0 Å². The highest BCUT2D eigenvalue weighted by Crippen LogP contribution is 2.22. The van der Waals surface area contributed by atoms with E-state index in [1.807, 2.05) is 0 Å². The molecule has 4 N–H and O–H groups in total. The standard InChI is InChI=1S/C12H17ClN2O3/c1-18-7-8(16)5-6-15-12(17)9-3-2-4-10(13)11(9)14/h2-4,8,16H,5-7,14H2,1H3,(H,15,17). The first-order chi connectivity index (χ1) is 8.56. The third kappa shape index (κ3) is 4.18. The minimum atomic E-state index is -0.591. The molecule has 0 aliphatic heterocycles. The predicted octanol–water partition coefficient (Wildman–Crippen LogP) is 1.05. The Bertz CT molecular complexity index is 412. The van der Waals surface area contributed by atoms with E-state index in [2.05, 4.69) is 5.32 Å². The smallest absolute Gasteiger partial charge is 0.253 e. The lowest BCUT2D eigenvalue weighted by atomic mass is 10.1. The van der Waals surface area contributed by atoms with Crippen molar-refractivity contribution in [3.8, 4) is 0 Å². The zero-order chi connectivity index (χ0) is 13.5. The molecule has 1 atom stereocenters. The Balaban J connectivity index is 2.48. The normalized spacial score (nSPS) is 12.2. The van der Waals surface area contributed by atoms with Gasteiger partial charge in [-0.2, -0.15) is 0 Å². The third-order valence-electron chi connectivity index (χ3n) is 2.42. The van der Waals surface area contributed by atoms with Gasteiger partial charge < -0.3 is 20.9 Å². The molecule has 0 saturated heterocycles. The lowest BCUT2D eigenvalue weighted by Crippen LogP contribution is -2.29. The molecule has 0 aliphatic carbocycles. The molecule has 0 bridgehead atoms. The summed E-state index contributed by atoms with van der Waals surface area (Å²) < 4.78 is 4.78. The highest BCUT2D eigenvalue weighted by Gasteiger charge is 2.11. The minimum absolute atomic E-state index is 0.245. The molecule has 1 aromatic rings. The van der Waals surface area contributed by atoms with Gasteiger partial charge in [0, 0.05) is 13.7 Å². The van der Waals surface area contributed by atoms with Gasteiger partial charge in [-0.15, -0.1) is 0 Å². The van der Waals surface area contributed by atoms with Crippen molar-refractivity contribution in [3.63, 3.8) is 0 Å². The van der Waals surface area contributed by atoms with Gasteiger partial charge in [-0.1, -0.05) is 17.7 Å². The van der Waals surface area contributed by atoms with Crippen molar-refractivity contribution >= 4 is 23.2 Å². The molecular weight excluding hydrogens is 256 g/mol. The monoisotopic (exact) mass is 272 g/mol. The molecule has 1 rings (SSSR count). The fourth-order valence-electron chi connectivity index (χ4n) is 1.46. The first-order valence-corrected chi connectivity index (χ1v) is 5.93. The van der Waals surface area contributed by atoms with Gasteiger partial charge in [-0.3, -0.25) is 4.79 Å². The summed E-state index contributed by atoms with van der Waals surface area (Å²) in [7, 11) is 1.51. The molecule has 6 heteroatoms. The summed E-state index contributed by atoms with van der Waals surface area (Å²) in [5, 5.41) is 12.4. The number of para-hydroxylation sites is 1. The molecule has 1 amide bonds. The van der Waals surface area contributed by atoms with Crippen LogP contribution in [0.5, 0.6) is 0 Å². The Hall–Kier alpha value is -1.30. The summed E-state index contributed by atoms with van der Waals surface area (Å²) >= 11 is 5.82. The van der Waals surface area contributed by atoms with E-state index >= 15 is 0 Å². The van der Waals surface area contributed by atoms with E-state index in [1.54, 1.807) is 18.2 Å². The quantitative estimate of drug-likeness (QED) is 0.676. The lowest BCUT2D eigenvalue weighted by molar-refractivity contribution is 0.0588. The highest BCUT2D eigenvalue weighted by molar-refractivity contribution is 6.33. The number of amides is 1. The van der Waals surface area contributed by atoms with Crippen LogP contribution in [0.25, 0.3) is 0 Å². The van der Waals surface area contributed by atoms with Gasteiger partial charge in [0.1, 0.15) is 0 Å². The first-order valence-electron chi connectivity index (χ1n) is 5.55. The van der Waals surface area contributed by atoms with Crippen LogP contribution in [-0.4, -0.2) is 37.4 Å². The van der Waals surface area contributed by atoms with E-state index in [4.69, 9.17) is 22.1 Å². The lowest BCUT2D eigenvalue weighted by Gasteiger charge is -2.11. The van der Waals surface area contributed by atoms with E-state index in [1.165, 1.54) is 7.11 Å². The van der Waals surface area contributed by atoms with E-state index in [0.717, 1.165) is 0 Å². The molecule has 0 aliphatic rings. The topological polar surface area (TPSA) is 84.6 Å². The number of hydrogen-bond acceptors (Lipinski definition) is 4. The highest BCUT2D eigenvalue weighted by atomic mass is 35.5. The van der Waals surface area contributed by atoms with Crippen molar-refractivity contribution in [2.24, 2.45) is 0 Å². The first kappa shape index (κ1) is 14.8. The summed E-state index contributed by atoms with van der Waals surface area (Å²) in [5.41, 5.74) is 6.30. The van der Waals surface area contributed by atoms with E-state index in [9.17, 15) is 9.90 Å². The molecule has 0 spiro atoms. The van der Waals surface area contributed by atoms with E-state index in [-0.39, 0.29) is 18.2 Å². The van der Waals surface area contributed by atoms with Crippen LogP contribution >= 0.6 is 11.6 Å². The van der Waals surface area contributed by atoms with Gasteiger partial charge in [0.15, 0.2) is 0 Å². The molecule has 0 aromatic heterocycles. The van der Waals surface area contributed by atoms with Gasteiger partial charge in [0.2, 0.25) is 0 Å². The number of aliphatic hydroxyl groups excluding tert-OH is 1. The van der Waals surface area contributed by atoms with Crippen LogP contribution in [0.2, 0.25) is 5.02 Å². The van der Waals surface area contributed by atoms with Crippen LogP contribution in [0.4, 0.5) is 5.69 Å². The fraction of sp³-hybridized carbons (Fsp3) is 0.417. The maximum atomic E-state index is 11.8. The van der Waals surface area contributed by atoms with E-state index < -0.39 is 6.10 Å². The Morgan fingerprint density at radius 3 is 3.00 bits per heavy atom. The summed E-state index contributed by atoms with van der Waals surface area (Å²) in [6.45, 7) is 0.588. The molecule has 18 heavy (non-hydrogen) atoms. The van der Waals surface area contributed by atoms with Crippen LogP contribution in [-0.2, 0) is 4.74 Å². The molecular formula is C12H17ClN2O3. The van der Waals surface area contributed by atoms with Crippen LogP contribution in [0.3, 0.4) is 0 Å². The molecule has 1 unspecified atom stereocenters. The number of carbonyl (C=O) groups is 1. The number of anilines is 1. The SMILES string of the molecule is COCC(O)CCNC(=O)c1cccc(Cl)c1N. The molecule has 100 valence electrons. The average Bonchev–Trinajstić information content (AvgIpc) is 2.33. The van der Waals surface area contributed by atoms with Gasteiger partial charge in [-0.25, -0.2) is 0 Å². The largest absolute Gasteiger partial charge is 0.397 e. The number of carbonyl (C=O) groups excluding carboxylic acids is 1. The number of ether oxygens (including phenoxy) is 1. The third-order valence-corrected chi connectivity index (χ3v) is 2.75. The number of hydrogen-bond donors (Lipinski definition) is 3. The predicted molar refractivity (Wildman–Crippen MR) is 70.7 cm³/mol. The number of benzene rings is 1. The molecule has 0 heterocycles. The number of nitrogens with two attached hydrogens (primary N) is 1. The van der Waals surface area contributed by atoms with Crippen molar-refractivity contribution in [2.45, 2.75) is 12.5 Å². The van der Waals surface area contributed by atoms with Gasteiger partial charge in [0.25, 0.3) is 5.91 Å². The molecule has 1 aromatic carbocycles. The second-order valence-corrected chi connectivity index (χ2v) is 4.26. The molecule has 0 radical (unpaired) electrons. The van der Waals surface area contributed by atoms with Crippen LogP contribution in [0.1, 0.15) is 16.8 Å². The van der Waals surface area contributed by atoms with Gasteiger partial charge >= 0.3 is 0 Å². The summed E-state index contributed by atoms with van der Waals surface area (Å²) in [5.74, 6) is -0.306. The van der Waals surface area contributed by atoms with Crippen molar-refractivity contribution < 1.29 is 14.6 Å². The zero-order valence-electron chi connectivity index (χ0n) is 10.1. The van der Waals surface area contributed by atoms with Gasteiger partial charge in [0.05, 0.1) is 29.0 Å². The second kappa shape index (κ2) is 7.20. The number of rotatable bonds is 6. The number of halogens is 1. The van der Waals surface area contributed by atoms with Crippen molar-refractivity contribution in [2.75, 3.05) is 26.0 Å². The number of methoxy groups -OCH3 is 1. The van der Waals surface area contributed by atoms with Gasteiger partial charge in [-0.05, 0) is 18.6 Å². The minimum Gasteiger partial charge on any atom is -0.397 e. The molecule has 0 fully saturated rings. The zero-order valence-corrected chi connectivity index (χ0v) is 10.9. The summed E-state index contributed by atoms with van der Waals surface area (Å²) in [4.78, 5) is 11.8. The van der Waals surface area contributed by atoms with E-state index in [0.29, 0.717) is 23.6 Å². The Morgan fingerprint density at radius 1 is 1.61 bits per heavy atom. The van der Waals surface area contributed by atoms with Crippen molar-refractivity contribution in [1.82, 2.24) is 5.32 Å². The number of aliphatic hydroxyl groups is 1. The maximum absolute atomic E-state index is 11.8. The second-order valence-electron chi connectivity index (χ2n) is 3.85. The van der Waals surface area contributed by atoms with Crippen LogP contribution in [0.15, 0.2) is 18.2 Å². The Kier molecular flexibility index (Phi) is 5.91. The fourth-order valence-corrected chi connectivity index (χ4v) is 1.63. The van der Waals surface area contributed by atoms with Crippen molar-refractivity contribution in [3.05, 3.63) is 28.8 Å². The van der Waals surface area contributed by atoms with Crippen molar-refractivity contribution in [1.29, 1.82) is 0 Å². The number of nitrogens with one attached hydrogen (secondary N) is 1. The molecule has 0 saturated carbocycles. The summed E-state index contributed by atoms with van der Waals surface area (Å²) in [6, 6.07) is 4.88. The summed E-state index contributed by atoms with van der Waals surface area (Å²) in [6.07, 6.45) is -0.174. The average molecular weight is 273 g/mol. The molecule has 5 nitrogen and oxygen atoms in total. The Labute approximate surface area is 111 Å².